The normalized spacial score (nSPS) is 8.83. The van der Waals surface area contributed by atoms with E-state index in [0.717, 1.165) is 25.7 Å². The minimum atomic E-state index is -0.0414. The van der Waals surface area contributed by atoms with E-state index in [0.29, 0.717) is 13.0 Å². The molecule has 0 heterocycles. The molecule has 0 unspecified atom stereocenters. The van der Waals surface area contributed by atoms with E-state index in [4.69, 9.17) is 4.74 Å². The van der Waals surface area contributed by atoms with Gasteiger partial charge < -0.3 is 7.59 Å². The van der Waals surface area contributed by atoms with Crippen LogP contribution in [0.15, 0.2) is 0 Å². The SMILES string of the molecule is CCCCOC(=O)CCCC.[Ba+2].[H-].[H-]. The molecule has 0 saturated heterocycles. The fourth-order valence-electron chi connectivity index (χ4n) is 0.724. The Morgan fingerprint density at radius 2 is 1.83 bits per heavy atom. The van der Waals surface area contributed by atoms with Crippen LogP contribution in [0.1, 0.15) is 48.8 Å². The van der Waals surface area contributed by atoms with E-state index >= 15 is 0 Å². The summed E-state index contributed by atoms with van der Waals surface area (Å²) < 4.78 is 4.95. The maximum Gasteiger partial charge on any atom is 2.00 e. The number of esters is 1. The fourth-order valence-corrected chi connectivity index (χ4v) is 0.724. The zero-order valence-electron chi connectivity index (χ0n) is 10.3. The zero-order chi connectivity index (χ0) is 8.53. The molecule has 0 aliphatic carbocycles. The van der Waals surface area contributed by atoms with Gasteiger partial charge in [0.05, 0.1) is 6.61 Å². The van der Waals surface area contributed by atoms with Crippen molar-refractivity contribution in [1.82, 2.24) is 0 Å². The average Bonchev–Trinajstić information content (AvgIpc) is 2.01. The molecule has 3 heteroatoms. The first-order valence-electron chi connectivity index (χ1n) is 4.46. The van der Waals surface area contributed by atoms with E-state index in [-0.39, 0.29) is 57.7 Å². The first-order chi connectivity index (χ1) is 5.31. The average molecular weight is 298 g/mol. The topological polar surface area (TPSA) is 26.3 Å². The van der Waals surface area contributed by atoms with Gasteiger partial charge >= 0.3 is 54.9 Å². The summed E-state index contributed by atoms with van der Waals surface area (Å²) in [5, 5.41) is 0. The Bertz CT molecular complexity index is 113. The number of ether oxygens (including phenoxy) is 1. The van der Waals surface area contributed by atoms with Gasteiger partial charge in [-0.15, -0.1) is 0 Å². The third-order valence-electron chi connectivity index (χ3n) is 1.50. The van der Waals surface area contributed by atoms with Crippen molar-refractivity contribution >= 4 is 54.9 Å². The number of unbranched alkanes of at least 4 members (excludes halogenated alkanes) is 2. The van der Waals surface area contributed by atoms with Crippen molar-refractivity contribution in [2.75, 3.05) is 6.61 Å². The molecule has 0 aromatic heterocycles. The molecule has 0 aliphatic rings. The number of carbonyl (C=O) groups is 1. The summed E-state index contributed by atoms with van der Waals surface area (Å²) in [7, 11) is 0. The van der Waals surface area contributed by atoms with E-state index in [1.54, 1.807) is 0 Å². The Kier molecular flexibility index (Phi) is 15.6. The van der Waals surface area contributed by atoms with Crippen LogP contribution in [0, 0.1) is 0 Å². The molecule has 0 saturated carbocycles. The third-order valence-corrected chi connectivity index (χ3v) is 1.50. The maximum absolute atomic E-state index is 10.9. The van der Waals surface area contributed by atoms with Gasteiger partial charge in [0.25, 0.3) is 0 Å². The van der Waals surface area contributed by atoms with Crippen LogP contribution in [0.3, 0.4) is 0 Å². The minimum Gasteiger partial charge on any atom is -1.00 e. The van der Waals surface area contributed by atoms with Crippen molar-refractivity contribution < 1.29 is 12.4 Å². The summed E-state index contributed by atoms with van der Waals surface area (Å²) in [4.78, 5) is 10.9. The first kappa shape index (κ1) is 15.5. The molecule has 12 heavy (non-hydrogen) atoms. The van der Waals surface area contributed by atoms with Gasteiger partial charge in [-0.1, -0.05) is 26.7 Å². The van der Waals surface area contributed by atoms with Crippen LogP contribution in [0.25, 0.3) is 0 Å². The maximum atomic E-state index is 10.9. The van der Waals surface area contributed by atoms with Gasteiger partial charge in [-0.05, 0) is 12.8 Å². The third kappa shape index (κ3) is 11.0. The summed E-state index contributed by atoms with van der Waals surface area (Å²) in [6.07, 6.45) is 4.66. The zero-order valence-corrected chi connectivity index (χ0v) is 12.7. The molecule has 0 aromatic carbocycles. The van der Waals surface area contributed by atoms with Gasteiger partial charge in [0, 0.05) is 6.42 Å². The molecule has 0 atom stereocenters. The van der Waals surface area contributed by atoms with Crippen molar-refractivity contribution in [3.05, 3.63) is 0 Å². The Morgan fingerprint density at radius 1 is 1.25 bits per heavy atom. The summed E-state index contributed by atoms with van der Waals surface area (Å²) in [5.74, 6) is -0.0414. The molecule has 0 bridgehead atoms. The number of hydrogen-bond acceptors (Lipinski definition) is 2. The summed E-state index contributed by atoms with van der Waals surface area (Å²) in [5.41, 5.74) is 0. The van der Waals surface area contributed by atoms with Crippen molar-refractivity contribution in [3.63, 3.8) is 0 Å². The Hall–Kier alpha value is 1.04. The molecule has 0 rings (SSSR count). The second-order valence-corrected chi connectivity index (χ2v) is 2.68. The largest absolute Gasteiger partial charge is 2.00 e. The predicted octanol–water partition coefficient (Wildman–Crippen LogP) is 2.36. The summed E-state index contributed by atoms with van der Waals surface area (Å²) >= 11 is 0. The second-order valence-electron chi connectivity index (χ2n) is 2.68. The molecule has 0 radical (unpaired) electrons. The van der Waals surface area contributed by atoms with Crippen molar-refractivity contribution in [3.8, 4) is 0 Å². The quantitative estimate of drug-likeness (QED) is 0.427. The molecule has 0 aliphatic heterocycles. The van der Waals surface area contributed by atoms with Gasteiger partial charge in [0.15, 0.2) is 0 Å². The van der Waals surface area contributed by atoms with Gasteiger partial charge in [0.1, 0.15) is 0 Å². The molecule has 0 amide bonds. The van der Waals surface area contributed by atoms with Crippen LogP contribution >= 0.6 is 0 Å². The van der Waals surface area contributed by atoms with Crippen LogP contribution in [0.4, 0.5) is 0 Å². The fraction of sp³-hybridized carbons (Fsp3) is 0.889. The minimum absolute atomic E-state index is 0. The van der Waals surface area contributed by atoms with Crippen molar-refractivity contribution in [2.45, 2.75) is 46.0 Å². The van der Waals surface area contributed by atoms with Crippen molar-refractivity contribution in [2.24, 2.45) is 0 Å². The Labute approximate surface area is 118 Å². The number of hydrogen-bond donors (Lipinski definition) is 0. The Balaban J connectivity index is -0.000000167. The van der Waals surface area contributed by atoms with Gasteiger partial charge in [-0.3, -0.25) is 4.79 Å². The van der Waals surface area contributed by atoms with Crippen LogP contribution in [-0.4, -0.2) is 61.5 Å². The van der Waals surface area contributed by atoms with E-state index in [1.807, 2.05) is 0 Å². The smallest absolute Gasteiger partial charge is 1.00 e. The van der Waals surface area contributed by atoms with Gasteiger partial charge in [0.2, 0.25) is 0 Å². The van der Waals surface area contributed by atoms with E-state index in [2.05, 4.69) is 13.8 Å². The van der Waals surface area contributed by atoms with Crippen LogP contribution in [0.5, 0.6) is 0 Å². The molecule has 0 fully saturated rings. The van der Waals surface area contributed by atoms with Crippen LogP contribution in [0.2, 0.25) is 0 Å². The van der Waals surface area contributed by atoms with Gasteiger partial charge in [-0.2, -0.15) is 0 Å². The van der Waals surface area contributed by atoms with E-state index < -0.39 is 0 Å². The Morgan fingerprint density at radius 3 is 2.33 bits per heavy atom. The second kappa shape index (κ2) is 12.0. The predicted molar refractivity (Wildman–Crippen MR) is 53.4 cm³/mol. The molecular weight excluding hydrogens is 277 g/mol. The molecule has 0 spiro atoms. The van der Waals surface area contributed by atoms with E-state index in [1.165, 1.54) is 0 Å². The number of rotatable bonds is 6. The monoisotopic (exact) mass is 298 g/mol. The van der Waals surface area contributed by atoms with Crippen LogP contribution in [-0.2, 0) is 9.53 Å². The van der Waals surface area contributed by atoms with Crippen molar-refractivity contribution in [1.29, 1.82) is 0 Å². The van der Waals surface area contributed by atoms with E-state index in [9.17, 15) is 4.79 Å². The first-order valence-corrected chi connectivity index (χ1v) is 4.46. The summed E-state index contributed by atoms with van der Waals surface area (Å²) in [6, 6.07) is 0. The van der Waals surface area contributed by atoms with Gasteiger partial charge in [-0.25, -0.2) is 0 Å². The molecular formula is C9H20BaO2. The van der Waals surface area contributed by atoms with Crippen LogP contribution < -0.4 is 0 Å². The summed E-state index contributed by atoms with van der Waals surface area (Å²) in [6.45, 7) is 4.75. The molecule has 0 N–H and O–H groups in total. The standard InChI is InChI=1S/C9H18O2.Ba.2H/c1-3-5-7-9(10)11-8-6-4-2;;;/h3-8H2,1-2H3;;;/q;+2;2*-1. The molecule has 2 nitrogen and oxygen atoms in total. The molecule has 70 valence electrons. The molecule has 0 aromatic rings. The number of carbonyl (C=O) groups excluding carboxylic acids is 1.